The Morgan fingerprint density at radius 1 is 0.964 bits per heavy atom. The van der Waals surface area contributed by atoms with E-state index in [4.69, 9.17) is 4.74 Å². The van der Waals surface area contributed by atoms with Gasteiger partial charge in [0.2, 0.25) is 0 Å². The average Bonchev–Trinajstić information content (AvgIpc) is 2.76. The van der Waals surface area contributed by atoms with Gasteiger partial charge in [-0.3, -0.25) is 0 Å². The first-order chi connectivity index (χ1) is 13.8. The standard InChI is InChI=1S/C25H32N2O/c1-20-10-11-21-8-4-5-9-24(21)27(20)25(16-19-26-17-6-3-7-18-26)22-12-14-23(28-2)15-13-22/h4-5,8-10,12-15,25H,3,6-7,11,16-19H2,1-2H3. The van der Waals surface area contributed by atoms with Crippen LogP contribution >= 0.6 is 0 Å². The number of hydrogen-bond donors (Lipinski definition) is 0. The lowest BCUT2D eigenvalue weighted by Crippen LogP contribution is -2.35. The third-order valence-electron chi connectivity index (χ3n) is 6.23. The van der Waals surface area contributed by atoms with E-state index in [2.05, 4.69) is 71.3 Å². The first-order valence-corrected chi connectivity index (χ1v) is 10.7. The van der Waals surface area contributed by atoms with Gasteiger partial charge < -0.3 is 14.5 Å². The van der Waals surface area contributed by atoms with E-state index in [-0.39, 0.29) is 0 Å². The summed E-state index contributed by atoms with van der Waals surface area (Å²) in [7, 11) is 1.73. The van der Waals surface area contributed by atoms with Gasteiger partial charge in [-0.2, -0.15) is 0 Å². The maximum absolute atomic E-state index is 5.39. The molecule has 1 unspecified atom stereocenters. The van der Waals surface area contributed by atoms with Crippen molar-refractivity contribution in [1.29, 1.82) is 0 Å². The van der Waals surface area contributed by atoms with Gasteiger partial charge in [-0.15, -0.1) is 0 Å². The minimum absolute atomic E-state index is 0.338. The van der Waals surface area contributed by atoms with Gasteiger partial charge in [0, 0.05) is 17.9 Å². The number of methoxy groups -OCH3 is 1. The maximum atomic E-state index is 5.39. The Hall–Kier alpha value is -2.26. The van der Waals surface area contributed by atoms with Crippen LogP contribution < -0.4 is 9.64 Å². The zero-order chi connectivity index (χ0) is 19.3. The second-order valence-corrected chi connectivity index (χ2v) is 8.03. The molecule has 0 radical (unpaired) electrons. The van der Waals surface area contributed by atoms with Crippen molar-refractivity contribution in [1.82, 2.24) is 4.90 Å². The fourth-order valence-electron chi connectivity index (χ4n) is 4.64. The normalized spacial score (nSPS) is 18.4. The summed E-state index contributed by atoms with van der Waals surface area (Å²) in [6.07, 6.45) is 8.61. The molecular formula is C25H32N2O. The van der Waals surface area contributed by atoms with Crippen molar-refractivity contribution < 1.29 is 4.74 Å². The topological polar surface area (TPSA) is 15.7 Å². The van der Waals surface area contributed by atoms with Crippen LogP contribution in [0.2, 0.25) is 0 Å². The highest BCUT2D eigenvalue weighted by atomic mass is 16.5. The summed E-state index contributed by atoms with van der Waals surface area (Å²) in [5, 5.41) is 0. The molecular weight excluding hydrogens is 344 g/mol. The third-order valence-corrected chi connectivity index (χ3v) is 6.23. The molecule has 2 heterocycles. The third kappa shape index (κ3) is 4.10. The number of piperidine rings is 1. The van der Waals surface area contributed by atoms with Crippen LogP contribution in [0.3, 0.4) is 0 Å². The molecule has 2 aromatic rings. The van der Waals surface area contributed by atoms with Crippen molar-refractivity contribution in [3.05, 3.63) is 71.4 Å². The summed E-state index contributed by atoms with van der Waals surface area (Å²) in [6, 6.07) is 17.9. The zero-order valence-electron chi connectivity index (χ0n) is 17.2. The number of anilines is 1. The van der Waals surface area contributed by atoms with E-state index in [9.17, 15) is 0 Å². The lowest BCUT2D eigenvalue weighted by Gasteiger charge is -2.39. The van der Waals surface area contributed by atoms with Crippen LogP contribution in [0, 0.1) is 0 Å². The van der Waals surface area contributed by atoms with Crippen LogP contribution in [0.25, 0.3) is 0 Å². The highest BCUT2D eigenvalue weighted by Crippen LogP contribution is 2.39. The van der Waals surface area contributed by atoms with Gasteiger partial charge in [0.05, 0.1) is 13.2 Å². The number of fused-ring (bicyclic) bond motifs is 1. The Kier molecular flexibility index (Phi) is 6.01. The maximum Gasteiger partial charge on any atom is 0.118 e. The summed E-state index contributed by atoms with van der Waals surface area (Å²) in [5.74, 6) is 0.921. The van der Waals surface area contributed by atoms with Gasteiger partial charge in [0.15, 0.2) is 0 Å². The molecule has 1 atom stereocenters. The highest BCUT2D eigenvalue weighted by molar-refractivity contribution is 5.62. The van der Waals surface area contributed by atoms with Crippen LogP contribution in [0.4, 0.5) is 5.69 Å². The number of nitrogens with zero attached hydrogens (tertiary/aromatic N) is 2. The van der Waals surface area contributed by atoms with E-state index in [1.54, 1.807) is 7.11 Å². The van der Waals surface area contributed by atoms with Crippen molar-refractivity contribution in [2.75, 3.05) is 31.6 Å². The van der Waals surface area contributed by atoms with E-state index < -0.39 is 0 Å². The molecule has 2 aliphatic rings. The van der Waals surface area contributed by atoms with Gasteiger partial charge >= 0.3 is 0 Å². The first kappa shape index (κ1) is 19.1. The number of allylic oxidation sites excluding steroid dienone is 2. The Morgan fingerprint density at radius 2 is 1.71 bits per heavy atom. The van der Waals surface area contributed by atoms with E-state index >= 15 is 0 Å². The molecule has 0 spiro atoms. The second-order valence-electron chi connectivity index (χ2n) is 8.03. The molecule has 0 N–H and O–H groups in total. The molecule has 0 bridgehead atoms. The predicted octanol–water partition coefficient (Wildman–Crippen LogP) is 5.58. The van der Waals surface area contributed by atoms with E-state index in [1.165, 1.54) is 54.9 Å². The summed E-state index contributed by atoms with van der Waals surface area (Å²) in [4.78, 5) is 5.21. The number of ether oxygens (including phenoxy) is 1. The van der Waals surface area contributed by atoms with Gasteiger partial charge in [-0.05, 0) is 75.0 Å². The molecule has 1 fully saturated rings. The van der Waals surface area contributed by atoms with Crippen molar-refractivity contribution in [2.45, 2.75) is 45.1 Å². The first-order valence-electron chi connectivity index (χ1n) is 10.7. The molecule has 148 valence electrons. The molecule has 3 heteroatoms. The zero-order valence-corrected chi connectivity index (χ0v) is 17.2. The Balaban J connectivity index is 1.64. The van der Waals surface area contributed by atoms with Crippen LogP contribution in [0.15, 0.2) is 60.3 Å². The van der Waals surface area contributed by atoms with Crippen LogP contribution in [0.1, 0.15) is 49.8 Å². The summed E-state index contributed by atoms with van der Waals surface area (Å²) in [5.41, 5.74) is 5.51. The molecule has 2 aliphatic heterocycles. The minimum Gasteiger partial charge on any atom is -0.497 e. The van der Waals surface area contributed by atoms with Gasteiger partial charge in [-0.1, -0.05) is 42.8 Å². The number of likely N-dealkylation sites (tertiary alicyclic amines) is 1. The van der Waals surface area contributed by atoms with Crippen molar-refractivity contribution in [3.63, 3.8) is 0 Å². The SMILES string of the molecule is COc1ccc(C(CCN2CCCCC2)N2C(C)=CCc3ccccc32)cc1. The monoisotopic (exact) mass is 376 g/mol. The van der Waals surface area contributed by atoms with E-state index in [0.717, 1.165) is 25.1 Å². The number of benzene rings is 2. The molecule has 4 rings (SSSR count). The molecule has 0 amide bonds. The highest BCUT2D eigenvalue weighted by Gasteiger charge is 2.27. The summed E-state index contributed by atoms with van der Waals surface area (Å²) in [6.45, 7) is 5.91. The summed E-state index contributed by atoms with van der Waals surface area (Å²) >= 11 is 0. The minimum atomic E-state index is 0.338. The quantitative estimate of drug-likeness (QED) is 0.655. The molecule has 0 aliphatic carbocycles. The molecule has 2 aromatic carbocycles. The smallest absolute Gasteiger partial charge is 0.118 e. The Bertz CT molecular complexity index is 806. The second kappa shape index (κ2) is 8.83. The van der Waals surface area contributed by atoms with Crippen LogP contribution in [0.5, 0.6) is 5.75 Å². The number of hydrogen-bond acceptors (Lipinski definition) is 3. The van der Waals surface area contributed by atoms with Crippen LogP contribution in [-0.2, 0) is 6.42 Å². The van der Waals surface area contributed by atoms with Crippen molar-refractivity contribution >= 4 is 5.69 Å². The van der Waals surface area contributed by atoms with E-state index in [0.29, 0.717) is 6.04 Å². The molecule has 0 aromatic heterocycles. The van der Waals surface area contributed by atoms with Crippen molar-refractivity contribution in [3.8, 4) is 5.75 Å². The number of rotatable bonds is 6. The molecule has 28 heavy (non-hydrogen) atoms. The predicted molar refractivity (Wildman–Crippen MR) is 117 cm³/mol. The molecule has 0 saturated carbocycles. The molecule has 3 nitrogen and oxygen atoms in total. The lowest BCUT2D eigenvalue weighted by atomic mass is 9.95. The number of para-hydroxylation sites is 1. The van der Waals surface area contributed by atoms with Crippen LogP contribution in [-0.4, -0.2) is 31.6 Å². The van der Waals surface area contributed by atoms with Crippen molar-refractivity contribution in [2.24, 2.45) is 0 Å². The Labute approximate surface area is 169 Å². The van der Waals surface area contributed by atoms with Gasteiger partial charge in [0.25, 0.3) is 0 Å². The van der Waals surface area contributed by atoms with Gasteiger partial charge in [0.1, 0.15) is 5.75 Å². The molecule has 1 saturated heterocycles. The Morgan fingerprint density at radius 3 is 2.46 bits per heavy atom. The fourth-order valence-corrected chi connectivity index (χ4v) is 4.64. The average molecular weight is 377 g/mol. The van der Waals surface area contributed by atoms with Gasteiger partial charge in [-0.25, -0.2) is 0 Å². The largest absolute Gasteiger partial charge is 0.497 e. The summed E-state index contributed by atoms with van der Waals surface area (Å²) < 4.78 is 5.39. The lowest BCUT2D eigenvalue weighted by molar-refractivity contribution is 0.220. The van der Waals surface area contributed by atoms with E-state index in [1.807, 2.05) is 0 Å². The fraction of sp³-hybridized carbons (Fsp3) is 0.440.